The lowest BCUT2D eigenvalue weighted by Gasteiger charge is -2.22. The molecule has 0 N–H and O–H groups in total. The molecule has 0 radical (unpaired) electrons. The summed E-state index contributed by atoms with van der Waals surface area (Å²) < 4.78 is 21.0. The smallest absolute Gasteiger partial charge is 0.337 e. The fourth-order valence-corrected chi connectivity index (χ4v) is 2.03. The largest absolute Gasteiger partial charge is 0.482 e. The normalized spacial score (nSPS) is 15.7. The van der Waals surface area contributed by atoms with Crippen molar-refractivity contribution in [2.24, 2.45) is 0 Å². The Balaban J connectivity index is 2.05. The van der Waals surface area contributed by atoms with Crippen LogP contribution in [0.15, 0.2) is 44.8 Å². The quantitative estimate of drug-likeness (QED) is 0.454. The fraction of sp³-hybridized carbons (Fsp3) is 0.200. The summed E-state index contributed by atoms with van der Waals surface area (Å²) in [6.45, 7) is 1.71. The Morgan fingerprint density at radius 1 is 1.24 bits per heavy atom. The van der Waals surface area contributed by atoms with E-state index in [2.05, 4.69) is 4.74 Å². The summed E-state index contributed by atoms with van der Waals surface area (Å²) in [4.78, 5) is 22.7. The van der Waals surface area contributed by atoms with Crippen molar-refractivity contribution in [2.75, 3.05) is 13.7 Å². The first-order valence-corrected chi connectivity index (χ1v) is 6.25. The molecule has 0 unspecified atom stereocenters. The van der Waals surface area contributed by atoms with Gasteiger partial charge in [0.1, 0.15) is 12.2 Å². The standard InChI is InChI=1S/C15H12O6/c1-8(15(17)18-2)13-7-19-11-6-10-9(5-12(11)20-13)3-4-14(16)21-10/h3-6H,7H2,1-2H3. The summed E-state index contributed by atoms with van der Waals surface area (Å²) in [5.41, 5.74) is 0.339. The molecule has 1 aromatic carbocycles. The van der Waals surface area contributed by atoms with Gasteiger partial charge in [0.25, 0.3) is 0 Å². The third-order valence-electron chi connectivity index (χ3n) is 3.19. The highest BCUT2D eigenvalue weighted by Gasteiger charge is 2.22. The molecule has 1 aliphatic rings. The molecule has 0 bridgehead atoms. The van der Waals surface area contributed by atoms with Crippen LogP contribution in [0.2, 0.25) is 0 Å². The molecule has 0 saturated carbocycles. The Morgan fingerprint density at radius 2 is 2.05 bits per heavy atom. The second kappa shape index (κ2) is 4.97. The average Bonchev–Trinajstić information content (AvgIpc) is 2.50. The molecule has 0 atom stereocenters. The Morgan fingerprint density at radius 3 is 2.81 bits per heavy atom. The van der Waals surface area contributed by atoms with Gasteiger partial charge in [-0.15, -0.1) is 0 Å². The van der Waals surface area contributed by atoms with E-state index in [0.717, 1.165) is 0 Å². The van der Waals surface area contributed by atoms with E-state index in [-0.39, 0.29) is 6.61 Å². The number of hydrogen-bond acceptors (Lipinski definition) is 6. The van der Waals surface area contributed by atoms with E-state index in [4.69, 9.17) is 13.9 Å². The summed E-state index contributed by atoms with van der Waals surface area (Å²) in [5, 5.41) is 0.703. The molecule has 0 aliphatic carbocycles. The molecule has 1 aromatic heterocycles. The third kappa shape index (κ3) is 2.35. The molecule has 21 heavy (non-hydrogen) atoms. The number of benzene rings is 1. The van der Waals surface area contributed by atoms with Crippen LogP contribution in [0.1, 0.15) is 6.92 Å². The van der Waals surface area contributed by atoms with Crippen LogP contribution < -0.4 is 15.1 Å². The number of esters is 1. The average molecular weight is 288 g/mol. The van der Waals surface area contributed by atoms with Crippen molar-refractivity contribution in [1.82, 2.24) is 0 Å². The van der Waals surface area contributed by atoms with E-state index >= 15 is 0 Å². The van der Waals surface area contributed by atoms with Gasteiger partial charge in [-0.2, -0.15) is 0 Å². The summed E-state index contributed by atoms with van der Waals surface area (Å²) in [6, 6.07) is 6.25. The van der Waals surface area contributed by atoms with Crippen molar-refractivity contribution in [3.63, 3.8) is 0 Å². The van der Waals surface area contributed by atoms with Crippen LogP contribution in [0.5, 0.6) is 11.5 Å². The lowest BCUT2D eigenvalue weighted by atomic mass is 10.2. The maximum Gasteiger partial charge on any atom is 0.337 e. The highest BCUT2D eigenvalue weighted by Crippen LogP contribution is 2.37. The van der Waals surface area contributed by atoms with Gasteiger partial charge in [0.05, 0.1) is 12.7 Å². The zero-order chi connectivity index (χ0) is 15.0. The molecule has 3 rings (SSSR count). The van der Waals surface area contributed by atoms with Gasteiger partial charge >= 0.3 is 11.6 Å². The molecule has 1 aliphatic heterocycles. The second-order valence-corrected chi connectivity index (χ2v) is 4.52. The van der Waals surface area contributed by atoms with Gasteiger partial charge in [0.15, 0.2) is 17.3 Å². The minimum absolute atomic E-state index is 0.108. The Kier molecular flexibility index (Phi) is 3.13. The SMILES string of the molecule is COC(=O)C(C)=C1COc2cc3oc(=O)ccc3cc2O1. The van der Waals surface area contributed by atoms with Gasteiger partial charge in [-0.05, 0) is 19.1 Å². The van der Waals surface area contributed by atoms with Crippen LogP contribution in [0.4, 0.5) is 0 Å². The van der Waals surface area contributed by atoms with E-state index < -0.39 is 11.6 Å². The molecule has 108 valence electrons. The number of carbonyl (C=O) groups excluding carboxylic acids is 1. The topological polar surface area (TPSA) is 75.0 Å². The van der Waals surface area contributed by atoms with Crippen molar-refractivity contribution in [3.05, 3.63) is 46.0 Å². The van der Waals surface area contributed by atoms with Crippen LogP contribution in [-0.4, -0.2) is 19.7 Å². The molecule has 0 amide bonds. The van der Waals surface area contributed by atoms with Crippen molar-refractivity contribution in [3.8, 4) is 11.5 Å². The van der Waals surface area contributed by atoms with E-state index in [1.54, 1.807) is 25.1 Å². The Hall–Kier alpha value is -2.76. The van der Waals surface area contributed by atoms with Crippen molar-refractivity contribution >= 4 is 16.9 Å². The Bertz CT molecular complexity index is 815. The Labute approximate surface area is 119 Å². The maximum atomic E-state index is 11.5. The second-order valence-electron chi connectivity index (χ2n) is 4.52. The van der Waals surface area contributed by atoms with Gasteiger partial charge in [0, 0.05) is 17.5 Å². The van der Waals surface area contributed by atoms with E-state index in [9.17, 15) is 9.59 Å². The molecule has 6 heteroatoms. The van der Waals surface area contributed by atoms with Crippen LogP contribution in [-0.2, 0) is 9.53 Å². The van der Waals surface area contributed by atoms with Gasteiger partial charge < -0.3 is 18.6 Å². The van der Waals surface area contributed by atoms with Crippen LogP contribution >= 0.6 is 0 Å². The highest BCUT2D eigenvalue weighted by atomic mass is 16.6. The maximum absolute atomic E-state index is 11.5. The van der Waals surface area contributed by atoms with Gasteiger partial charge in [-0.1, -0.05) is 0 Å². The first-order valence-electron chi connectivity index (χ1n) is 6.25. The third-order valence-corrected chi connectivity index (χ3v) is 3.19. The fourth-order valence-electron chi connectivity index (χ4n) is 2.03. The lowest BCUT2D eigenvalue weighted by molar-refractivity contribution is -0.136. The van der Waals surface area contributed by atoms with E-state index in [1.165, 1.54) is 13.2 Å². The van der Waals surface area contributed by atoms with Crippen LogP contribution in [0, 0.1) is 0 Å². The number of methoxy groups -OCH3 is 1. The van der Waals surface area contributed by atoms with Crippen LogP contribution in [0.25, 0.3) is 11.0 Å². The summed E-state index contributed by atoms with van der Waals surface area (Å²) in [5.74, 6) is 0.842. The molecular weight excluding hydrogens is 276 g/mol. The van der Waals surface area contributed by atoms with Gasteiger partial charge in [-0.3, -0.25) is 0 Å². The highest BCUT2D eigenvalue weighted by molar-refractivity contribution is 5.88. The van der Waals surface area contributed by atoms with Crippen molar-refractivity contribution in [1.29, 1.82) is 0 Å². The minimum Gasteiger partial charge on any atom is -0.482 e. The molecule has 2 heterocycles. The van der Waals surface area contributed by atoms with Crippen molar-refractivity contribution < 1.29 is 23.4 Å². The zero-order valence-electron chi connectivity index (χ0n) is 11.5. The molecule has 0 spiro atoms. The van der Waals surface area contributed by atoms with E-state index in [1.807, 2.05) is 0 Å². The zero-order valence-corrected chi connectivity index (χ0v) is 11.5. The summed E-state index contributed by atoms with van der Waals surface area (Å²) in [7, 11) is 1.31. The number of rotatable bonds is 1. The summed E-state index contributed by atoms with van der Waals surface area (Å²) in [6.07, 6.45) is 0. The number of carbonyl (C=O) groups is 1. The molecule has 0 fully saturated rings. The molecule has 2 aromatic rings. The molecular formula is C15H12O6. The monoisotopic (exact) mass is 288 g/mol. The first kappa shape index (κ1) is 13.2. The van der Waals surface area contributed by atoms with E-state index in [0.29, 0.717) is 33.8 Å². The molecule has 6 nitrogen and oxygen atoms in total. The van der Waals surface area contributed by atoms with Gasteiger partial charge in [0.2, 0.25) is 0 Å². The van der Waals surface area contributed by atoms with Gasteiger partial charge in [-0.25, -0.2) is 9.59 Å². The minimum atomic E-state index is -0.469. The predicted octanol–water partition coefficient (Wildman–Crippen LogP) is 2.01. The van der Waals surface area contributed by atoms with Crippen LogP contribution in [0.3, 0.4) is 0 Å². The lowest BCUT2D eigenvalue weighted by Crippen LogP contribution is -2.18. The molecule has 0 saturated heterocycles. The predicted molar refractivity (Wildman–Crippen MR) is 73.3 cm³/mol. The summed E-state index contributed by atoms with van der Waals surface area (Å²) >= 11 is 0. The first-order chi connectivity index (χ1) is 10.1. The number of fused-ring (bicyclic) bond motifs is 2. The van der Waals surface area contributed by atoms with Crippen molar-refractivity contribution in [2.45, 2.75) is 6.92 Å². The number of ether oxygens (including phenoxy) is 3. The number of hydrogen-bond donors (Lipinski definition) is 0.